The summed E-state index contributed by atoms with van der Waals surface area (Å²) < 4.78 is 0. The molecule has 3 saturated heterocycles. The molecule has 8 aliphatic rings. The van der Waals surface area contributed by atoms with Gasteiger partial charge >= 0.3 is 0 Å². The van der Waals surface area contributed by atoms with Crippen LogP contribution in [0, 0.1) is 29.6 Å². The zero-order valence-electron chi connectivity index (χ0n) is 20.6. The molecule has 190 valence electrons. The van der Waals surface area contributed by atoms with Crippen LogP contribution in [0.5, 0.6) is 0 Å². The van der Waals surface area contributed by atoms with Crippen molar-refractivity contribution in [3.05, 3.63) is 0 Å². The smallest absolute Gasteiger partial charge is 0.239 e. The second-order valence-electron chi connectivity index (χ2n) is 12.8. The molecule has 0 atom stereocenters. The highest BCUT2D eigenvalue weighted by Crippen LogP contribution is 2.62. The first-order valence-corrected chi connectivity index (χ1v) is 14.4. The lowest BCUT2D eigenvalue weighted by atomic mass is 9.53. The molecule has 0 unspecified atom stereocenters. The quantitative estimate of drug-likeness (QED) is 0.565. The monoisotopic (exact) mass is 474 g/mol. The molecular weight excluding hydrogens is 432 g/mol. The summed E-state index contributed by atoms with van der Waals surface area (Å²) in [7, 11) is 0. The number of carbonyl (C=O) groups excluding carboxylic acids is 1. The summed E-state index contributed by atoms with van der Waals surface area (Å²) >= 11 is 0. The standard InChI is InChI=1S/C27H42N2O5/c30-25(29-11-5-24(6-12-29)28-9-1-2-10-28)18-19-3-7-26(8-4-19)31-33-27(34-32-26)22-14-20-13-21(16-22)17-23(27)15-20/h19-24H,1-18H2. The summed E-state index contributed by atoms with van der Waals surface area (Å²) in [6, 6.07) is 0.694. The Morgan fingerprint density at radius 1 is 0.735 bits per heavy atom. The molecule has 0 aromatic rings. The first-order valence-electron chi connectivity index (χ1n) is 14.4. The summed E-state index contributed by atoms with van der Waals surface area (Å²) in [4.78, 5) is 42.3. The van der Waals surface area contributed by atoms with Gasteiger partial charge in [0.15, 0.2) is 0 Å². The largest absolute Gasteiger partial charge is 0.343 e. The normalized spacial score (nSPS) is 47.2. The number of nitrogens with zero attached hydrogens (tertiary/aromatic N) is 2. The Morgan fingerprint density at radius 2 is 1.32 bits per heavy atom. The van der Waals surface area contributed by atoms with Gasteiger partial charge in [-0.2, -0.15) is 19.6 Å². The molecule has 8 rings (SSSR count). The molecule has 3 aliphatic heterocycles. The van der Waals surface area contributed by atoms with E-state index >= 15 is 0 Å². The fraction of sp³-hybridized carbons (Fsp3) is 0.963. The molecule has 34 heavy (non-hydrogen) atoms. The van der Waals surface area contributed by atoms with Crippen LogP contribution in [0.15, 0.2) is 0 Å². The van der Waals surface area contributed by atoms with Gasteiger partial charge in [0.25, 0.3) is 0 Å². The zero-order valence-corrected chi connectivity index (χ0v) is 20.6. The second kappa shape index (κ2) is 8.69. The van der Waals surface area contributed by atoms with Crippen LogP contribution in [0.3, 0.4) is 0 Å². The van der Waals surface area contributed by atoms with E-state index in [1.54, 1.807) is 0 Å². The number of piperidine rings is 1. The lowest BCUT2D eigenvalue weighted by Gasteiger charge is -2.60. The molecule has 7 nitrogen and oxygen atoms in total. The Hall–Kier alpha value is -0.730. The highest BCUT2D eigenvalue weighted by Gasteiger charge is 2.64. The van der Waals surface area contributed by atoms with Gasteiger partial charge in [-0.3, -0.25) is 4.79 Å². The van der Waals surface area contributed by atoms with E-state index in [1.165, 1.54) is 58.0 Å². The van der Waals surface area contributed by atoms with Crippen molar-refractivity contribution >= 4 is 5.91 Å². The second-order valence-corrected chi connectivity index (χ2v) is 12.8. The lowest BCUT2D eigenvalue weighted by molar-refractivity contribution is -0.680. The summed E-state index contributed by atoms with van der Waals surface area (Å²) in [5.41, 5.74) is 0. The minimum absolute atomic E-state index is 0.339. The highest BCUT2D eigenvalue weighted by molar-refractivity contribution is 5.76. The van der Waals surface area contributed by atoms with Crippen LogP contribution < -0.4 is 0 Å². The van der Waals surface area contributed by atoms with Gasteiger partial charge in [0, 0.05) is 50.2 Å². The molecule has 4 bridgehead atoms. The van der Waals surface area contributed by atoms with Crippen LogP contribution in [0.4, 0.5) is 0 Å². The molecule has 5 aliphatic carbocycles. The van der Waals surface area contributed by atoms with Crippen molar-refractivity contribution < 1.29 is 24.3 Å². The molecule has 0 N–H and O–H groups in total. The van der Waals surface area contributed by atoms with Crippen molar-refractivity contribution in [2.45, 2.75) is 108 Å². The molecule has 0 aromatic carbocycles. The Balaban J connectivity index is 0.884. The molecule has 1 amide bonds. The van der Waals surface area contributed by atoms with Crippen LogP contribution >= 0.6 is 0 Å². The van der Waals surface area contributed by atoms with E-state index in [-0.39, 0.29) is 0 Å². The molecule has 3 heterocycles. The number of amides is 1. The Bertz CT molecular complexity index is 727. The summed E-state index contributed by atoms with van der Waals surface area (Å²) in [5, 5.41) is 0. The van der Waals surface area contributed by atoms with Crippen molar-refractivity contribution in [3.8, 4) is 0 Å². The zero-order chi connectivity index (χ0) is 22.8. The summed E-state index contributed by atoms with van der Waals surface area (Å²) in [6.07, 6.45) is 15.1. The number of likely N-dealkylation sites (tertiary alicyclic amines) is 2. The van der Waals surface area contributed by atoms with Crippen molar-refractivity contribution in [2.24, 2.45) is 29.6 Å². The van der Waals surface area contributed by atoms with Crippen LogP contribution in [0.25, 0.3) is 0 Å². The molecular formula is C27H42N2O5. The molecule has 0 aromatic heterocycles. The van der Waals surface area contributed by atoms with Crippen LogP contribution in [-0.4, -0.2) is 59.5 Å². The first kappa shape index (κ1) is 22.5. The van der Waals surface area contributed by atoms with Gasteiger partial charge in [-0.15, -0.1) is 0 Å². The third-order valence-corrected chi connectivity index (χ3v) is 10.7. The predicted octanol–water partition coefficient (Wildman–Crippen LogP) is 4.41. The summed E-state index contributed by atoms with van der Waals surface area (Å²) in [5.74, 6) is 1.78. The number of hydrogen-bond acceptors (Lipinski definition) is 6. The van der Waals surface area contributed by atoms with E-state index in [2.05, 4.69) is 9.80 Å². The minimum atomic E-state index is -0.784. The minimum Gasteiger partial charge on any atom is -0.343 e. The maximum atomic E-state index is 13.0. The average Bonchev–Trinajstić information content (AvgIpc) is 3.40. The van der Waals surface area contributed by atoms with Crippen molar-refractivity contribution in [1.29, 1.82) is 0 Å². The van der Waals surface area contributed by atoms with E-state index in [9.17, 15) is 4.79 Å². The maximum absolute atomic E-state index is 13.0. The number of hydrogen-bond donors (Lipinski definition) is 0. The van der Waals surface area contributed by atoms with Crippen LogP contribution in [0.1, 0.15) is 89.9 Å². The number of rotatable bonds is 3. The maximum Gasteiger partial charge on any atom is 0.239 e. The molecule has 5 saturated carbocycles. The van der Waals surface area contributed by atoms with E-state index in [1.807, 2.05) is 0 Å². The Kier molecular flexibility index (Phi) is 5.74. The first-order chi connectivity index (χ1) is 16.6. The van der Waals surface area contributed by atoms with Gasteiger partial charge in [-0.05, 0) is 101 Å². The lowest BCUT2D eigenvalue weighted by Crippen LogP contribution is -2.64. The summed E-state index contributed by atoms with van der Waals surface area (Å²) in [6.45, 7) is 4.36. The fourth-order valence-corrected chi connectivity index (χ4v) is 8.87. The SMILES string of the molecule is O=C(CC1CCC2(CC1)OOC1(OO2)C2CC3CC(C2)CC1C3)N1CCC(N2CCCC2)CC1. The Morgan fingerprint density at radius 3 is 1.91 bits per heavy atom. The van der Waals surface area contributed by atoms with Gasteiger partial charge in [0.1, 0.15) is 0 Å². The fourth-order valence-electron chi connectivity index (χ4n) is 8.87. The molecule has 7 heteroatoms. The third kappa shape index (κ3) is 3.85. The van der Waals surface area contributed by atoms with E-state index < -0.39 is 11.6 Å². The van der Waals surface area contributed by atoms with Crippen LogP contribution in [-0.2, 0) is 24.3 Å². The van der Waals surface area contributed by atoms with Crippen LogP contribution in [0.2, 0.25) is 0 Å². The van der Waals surface area contributed by atoms with Crippen molar-refractivity contribution in [2.75, 3.05) is 26.2 Å². The average molecular weight is 475 g/mol. The van der Waals surface area contributed by atoms with Gasteiger partial charge in [-0.25, -0.2) is 0 Å². The molecule has 2 spiro atoms. The molecule has 8 fully saturated rings. The molecule has 0 radical (unpaired) electrons. The van der Waals surface area contributed by atoms with Crippen molar-refractivity contribution in [3.63, 3.8) is 0 Å². The third-order valence-electron chi connectivity index (χ3n) is 10.7. The van der Waals surface area contributed by atoms with E-state index in [0.29, 0.717) is 36.1 Å². The van der Waals surface area contributed by atoms with Gasteiger partial charge in [0.2, 0.25) is 17.5 Å². The Labute approximate surface area is 203 Å². The topological polar surface area (TPSA) is 60.5 Å². The van der Waals surface area contributed by atoms with Gasteiger partial charge in [0.05, 0.1) is 0 Å². The van der Waals surface area contributed by atoms with Gasteiger partial charge in [-0.1, -0.05) is 0 Å². The van der Waals surface area contributed by atoms with E-state index in [4.69, 9.17) is 19.6 Å². The highest BCUT2D eigenvalue weighted by atomic mass is 17.4. The van der Waals surface area contributed by atoms with Gasteiger partial charge < -0.3 is 9.80 Å². The number of carbonyl (C=O) groups is 1. The van der Waals surface area contributed by atoms with E-state index in [0.717, 1.165) is 63.5 Å². The van der Waals surface area contributed by atoms with Crippen molar-refractivity contribution in [1.82, 2.24) is 9.80 Å². The predicted molar refractivity (Wildman–Crippen MR) is 124 cm³/mol.